The highest BCUT2D eigenvalue weighted by Gasteiger charge is 2.18. The van der Waals surface area contributed by atoms with Gasteiger partial charge in [-0.05, 0) is 13.8 Å². The van der Waals surface area contributed by atoms with E-state index in [0.29, 0.717) is 17.0 Å². The summed E-state index contributed by atoms with van der Waals surface area (Å²) in [6.07, 6.45) is 1.56. The van der Waals surface area contributed by atoms with Crippen molar-refractivity contribution in [2.24, 2.45) is 0 Å². The van der Waals surface area contributed by atoms with Gasteiger partial charge in [0.15, 0.2) is 0 Å². The Balaban J connectivity index is 2.72. The van der Waals surface area contributed by atoms with Gasteiger partial charge in [0.1, 0.15) is 5.76 Å². The Morgan fingerprint density at radius 2 is 2.20 bits per heavy atom. The lowest BCUT2D eigenvalue weighted by atomic mass is 10.4. The smallest absolute Gasteiger partial charge is 0.320 e. The van der Waals surface area contributed by atoms with Crippen LogP contribution in [0.2, 0.25) is 0 Å². The van der Waals surface area contributed by atoms with Crippen LogP contribution in [-0.2, 0) is 9.53 Å². The lowest BCUT2D eigenvalue weighted by Gasteiger charge is -2.17. The zero-order valence-corrected chi connectivity index (χ0v) is 11.6. The highest BCUT2D eigenvalue weighted by molar-refractivity contribution is 5.80. The van der Waals surface area contributed by atoms with E-state index in [0.717, 1.165) is 0 Å². The van der Waals surface area contributed by atoms with Gasteiger partial charge >= 0.3 is 5.97 Å². The van der Waals surface area contributed by atoms with Crippen molar-refractivity contribution >= 4 is 11.9 Å². The Morgan fingerprint density at radius 3 is 2.70 bits per heavy atom. The number of aromatic nitrogens is 1. The van der Waals surface area contributed by atoms with Crippen molar-refractivity contribution in [2.75, 3.05) is 26.2 Å². The maximum atomic E-state index is 11.9. The molecule has 0 unspecified atom stereocenters. The molecule has 7 heteroatoms. The quantitative estimate of drug-likeness (QED) is 0.533. The normalized spacial score (nSPS) is 10.6. The van der Waals surface area contributed by atoms with Gasteiger partial charge in [-0.3, -0.25) is 19.3 Å². The van der Waals surface area contributed by atoms with Gasteiger partial charge in [-0.15, -0.1) is 11.3 Å². The first kappa shape index (κ1) is 15.9. The van der Waals surface area contributed by atoms with E-state index in [1.165, 1.54) is 11.0 Å². The van der Waals surface area contributed by atoms with Gasteiger partial charge in [-0.25, -0.2) is 0 Å². The minimum atomic E-state index is -0.547. The SMILES string of the molecule is C=CCN(CC(=O)OCC)CC(=O)n1oc(C)cc1=O. The molecule has 0 N–H and O–H groups in total. The second kappa shape index (κ2) is 7.44. The maximum Gasteiger partial charge on any atom is 0.320 e. The molecule has 1 heterocycles. The Hall–Kier alpha value is -2.15. The summed E-state index contributed by atoms with van der Waals surface area (Å²) < 4.78 is 10.5. The first-order chi connectivity index (χ1) is 9.47. The lowest BCUT2D eigenvalue weighted by molar-refractivity contribution is -0.144. The monoisotopic (exact) mass is 282 g/mol. The number of ether oxygens (including phenoxy) is 1. The van der Waals surface area contributed by atoms with Gasteiger partial charge in [0.2, 0.25) is 0 Å². The fourth-order valence-electron chi connectivity index (χ4n) is 1.63. The Kier molecular flexibility index (Phi) is 5.92. The number of hydrogen-bond acceptors (Lipinski definition) is 6. The third kappa shape index (κ3) is 4.51. The van der Waals surface area contributed by atoms with Gasteiger partial charge in [0, 0.05) is 12.6 Å². The zero-order valence-electron chi connectivity index (χ0n) is 11.6. The molecule has 1 aromatic rings. The molecular formula is C13H18N2O5. The summed E-state index contributed by atoms with van der Waals surface area (Å²) in [6, 6.07) is 1.22. The molecule has 20 heavy (non-hydrogen) atoms. The Morgan fingerprint density at radius 1 is 1.50 bits per heavy atom. The molecule has 0 aliphatic carbocycles. The summed E-state index contributed by atoms with van der Waals surface area (Å²) in [4.78, 5) is 36.3. The molecule has 7 nitrogen and oxygen atoms in total. The van der Waals surface area contributed by atoms with E-state index in [4.69, 9.17) is 9.26 Å². The van der Waals surface area contributed by atoms with Crippen LogP contribution >= 0.6 is 0 Å². The number of nitrogens with zero attached hydrogens (tertiary/aromatic N) is 2. The van der Waals surface area contributed by atoms with E-state index in [1.54, 1.807) is 19.9 Å². The molecule has 0 bridgehead atoms. The number of rotatable bonds is 7. The number of carbonyl (C=O) groups is 2. The first-order valence-electron chi connectivity index (χ1n) is 6.20. The second-order valence-electron chi connectivity index (χ2n) is 4.14. The molecule has 0 fully saturated rings. The highest BCUT2D eigenvalue weighted by Crippen LogP contribution is 1.96. The molecular weight excluding hydrogens is 264 g/mol. The molecule has 0 amide bonds. The van der Waals surface area contributed by atoms with E-state index < -0.39 is 17.4 Å². The second-order valence-corrected chi connectivity index (χ2v) is 4.14. The fourth-order valence-corrected chi connectivity index (χ4v) is 1.63. The van der Waals surface area contributed by atoms with Gasteiger partial charge in [0.05, 0.1) is 19.7 Å². The average molecular weight is 282 g/mol. The molecule has 0 spiro atoms. The predicted molar refractivity (Wildman–Crippen MR) is 71.6 cm³/mol. The molecule has 0 saturated heterocycles. The molecule has 0 atom stereocenters. The topological polar surface area (TPSA) is 81.8 Å². The van der Waals surface area contributed by atoms with Crippen molar-refractivity contribution in [1.29, 1.82) is 0 Å². The van der Waals surface area contributed by atoms with Crippen LogP contribution in [0.15, 0.2) is 28.0 Å². The van der Waals surface area contributed by atoms with Crippen LogP contribution in [0.1, 0.15) is 17.5 Å². The predicted octanol–water partition coefficient (Wildman–Crippen LogP) is 0.441. The zero-order chi connectivity index (χ0) is 15.1. The molecule has 0 radical (unpaired) electrons. The van der Waals surface area contributed by atoms with Crippen LogP contribution < -0.4 is 5.56 Å². The molecule has 0 aliphatic heterocycles. The van der Waals surface area contributed by atoms with Gasteiger partial charge in [0.25, 0.3) is 11.5 Å². The Bertz CT molecular complexity index is 543. The van der Waals surface area contributed by atoms with Crippen LogP contribution in [0.5, 0.6) is 0 Å². The van der Waals surface area contributed by atoms with Crippen molar-refractivity contribution in [1.82, 2.24) is 9.64 Å². The largest absolute Gasteiger partial charge is 0.465 e. The van der Waals surface area contributed by atoms with Gasteiger partial charge in [-0.2, -0.15) is 0 Å². The summed E-state index contributed by atoms with van der Waals surface area (Å²) >= 11 is 0. The van der Waals surface area contributed by atoms with Crippen molar-refractivity contribution in [3.8, 4) is 0 Å². The third-order valence-corrected chi connectivity index (χ3v) is 2.39. The lowest BCUT2D eigenvalue weighted by Crippen LogP contribution is -2.39. The van der Waals surface area contributed by atoms with Crippen molar-refractivity contribution in [3.05, 3.63) is 34.8 Å². The minimum Gasteiger partial charge on any atom is -0.465 e. The summed E-state index contributed by atoms with van der Waals surface area (Å²) in [5, 5.41) is 0. The van der Waals surface area contributed by atoms with Crippen molar-refractivity contribution < 1.29 is 18.8 Å². The van der Waals surface area contributed by atoms with Crippen LogP contribution in [0.25, 0.3) is 0 Å². The van der Waals surface area contributed by atoms with Crippen LogP contribution in [0.3, 0.4) is 0 Å². The molecule has 1 aromatic heterocycles. The van der Waals surface area contributed by atoms with E-state index in [9.17, 15) is 14.4 Å². The minimum absolute atomic E-state index is 0.0555. The molecule has 0 saturated carbocycles. The molecule has 110 valence electrons. The van der Waals surface area contributed by atoms with E-state index in [-0.39, 0.29) is 19.7 Å². The van der Waals surface area contributed by atoms with Crippen molar-refractivity contribution in [2.45, 2.75) is 13.8 Å². The number of hydrogen-bond donors (Lipinski definition) is 0. The van der Waals surface area contributed by atoms with Crippen molar-refractivity contribution in [3.63, 3.8) is 0 Å². The summed E-state index contributed by atoms with van der Waals surface area (Å²) in [5.41, 5.74) is -0.526. The van der Waals surface area contributed by atoms with E-state index in [1.807, 2.05) is 0 Å². The maximum absolute atomic E-state index is 11.9. The van der Waals surface area contributed by atoms with E-state index >= 15 is 0 Å². The standard InChI is InChI=1S/C13H18N2O5/c1-4-6-14(9-13(18)19-5-2)8-12(17)15-11(16)7-10(3)20-15/h4,7H,1,5-6,8-9H2,2-3H3. The summed E-state index contributed by atoms with van der Waals surface area (Å²) in [6.45, 7) is 7.22. The first-order valence-corrected chi connectivity index (χ1v) is 6.20. The summed E-state index contributed by atoms with van der Waals surface area (Å²) in [7, 11) is 0. The average Bonchev–Trinajstić information content (AvgIpc) is 2.69. The van der Waals surface area contributed by atoms with E-state index in [2.05, 4.69) is 6.58 Å². The molecule has 1 rings (SSSR count). The third-order valence-electron chi connectivity index (χ3n) is 2.39. The number of esters is 1. The molecule has 0 aromatic carbocycles. The van der Waals surface area contributed by atoms with Gasteiger partial charge in [-0.1, -0.05) is 6.08 Å². The highest BCUT2D eigenvalue weighted by atomic mass is 16.5. The molecule has 0 aliphatic rings. The fraction of sp³-hybridized carbons (Fsp3) is 0.462. The van der Waals surface area contributed by atoms with Crippen LogP contribution in [-0.4, -0.2) is 47.8 Å². The number of carbonyl (C=O) groups excluding carboxylic acids is 2. The van der Waals surface area contributed by atoms with Crippen LogP contribution in [0.4, 0.5) is 0 Å². The Labute approximate surface area is 116 Å². The number of aryl methyl sites for hydroxylation is 1. The van der Waals surface area contributed by atoms with Crippen LogP contribution in [0, 0.1) is 6.92 Å². The van der Waals surface area contributed by atoms with Gasteiger partial charge < -0.3 is 9.26 Å². The summed E-state index contributed by atoms with van der Waals surface area (Å²) in [5.74, 6) is -0.636.